The van der Waals surface area contributed by atoms with Crippen LogP contribution in [0, 0.1) is 5.82 Å². The molecule has 6 nitrogen and oxygen atoms in total. The second-order valence-corrected chi connectivity index (χ2v) is 9.24. The molecule has 3 heterocycles. The Morgan fingerprint density at radius 3 is 2.73 bits per heavy atom. The smallest absolute Gasteiger partial charge is 0.300 e. The molecule has 33 heavy (non-hydrogen) atoms. The molecule has 1 aliphatic rings. The van der Waals surface area contributed by atoms with Crippen molar-refractivity contribution in [2.75, 3.05) is 26.7 Å². The summed E-state index contributed by atoms with van der Waals surface area (Å²) < 4.78 is 14.7. The van der Waals surface area contributed by atoms with Crippen LogP contribution in [0.3, 0.4) is 0 Å². The van der Waals surface area contributed by atoms with Crippen molar-refractivity contribution < 1.29 is 14.3 Å². The molecule has 0 bridgehead atoms. The van der Waals surface area contributed by atoms with Crippen LogP contribution in [0.4, 0.5) is 4.39 Å². The average Bonchev–Trinajstić information content (AvgIpc) is 3.47. The zero-order valence-electron chi connectivity index (χ0n) is 18.7. The van der Waals surface area contributed by atoms with Crippen molar-refractivity contribution in [3.8, 4) is 11.1 Å². The van der Waals surface area contributed by atoms with Gasteiger partial charge in [0.25, 0.3) is 5.97 Å². The van der Waals surface area contributed by atoms with Crippen LogP contribution in [0.5, 0.6) is 0 Å². The zero-order valence-corrected chi connectivity index (χ0v) is 19.5. The number of piperazine rings is 1. The lowest BCUT2D eigenvalue weighted by atomic mass is 10.0. The summed E-state index contributed by atoms with van der Waals surface area (Å²) in [6, 6.07) is 16.2. The Kier molecular flexibility index (Phi) is 7.17. The van der Waals surface area contributed by atoms with Gasteiger partial charge in [0.2, 0.25) is 0 Å². The number of nitrogens with zero attached hydrogens (tertiary/aromatic N) is 3. The Balaban J connectivity index is 0.000000601. The molecule has 1 fully saturated rings. The van der Waals surface area contributed by atoms with Crippen molar-refractivity contribution in [2.45, 2.75) is 19.5 Å². The number of hydrogen-bond donors (Lipinski definition) is 2. The number of aromatic amines is 1. The van der Waals surface area contributed by atoms with E-state index in [0.29, 0.717) is 12.6 Å². The summed E-state index contributed by atoms with van der Waals surface area (Å²) in [4.78, 5) is 15.1. The number of aliphatic carboxylic acids is 1. The first-order valence-corrected chi connectivity index (χ1v) is 11.7. The highest BCUT2D eigenvalue weighted by Gasteiger charge is 2.28. The van der Waals surface area contributed by atoms with E-state index in [9.17, 15) is 4.39 Å². The minimum Gasteiger partial charge on any atom is -0.481 e. The number of carbonyl (C=O) groups is 1. The number of H-pyrrole nitrogens is 1. The molecule has 1 aliphatic heterocycles. The van der Waals surface area contributed by atoms with Gasteiger partial charge in [0.1, 0.15) is 5.82 Å². The Labute approximate surface area is 196 Å². The number of hydrogen-bond acceptors (Lipinski definition) is 5. The van der Waals surface area contributed by atoms with Crippen LogP contribution in [0.25, 0.3) is 22.0 Å². The van der Waals surface area contributed by atoms with Crippen LogP contribution in [0.1, 0.15) is 23.4 Å². The SMILES string of the molecule is CC(=O)O.CN1CCN(Cc2cc(-c3ccc4[nH]ncc4c3)ccc2F)[C@H](c2cccs2)C1. The highest BCUT2D eigenvalue weighted by atomic mass is 32.1. The van der Waals surface area contributed by atoms with Crippen molar-refractivity contribution in [3.05, 3.63) is 76.4 Å². The van der Waals surface area contributed by atoms with Gasteiger partial charge in [-0.15, -0.1) is 11.3 Å². The van der Waals surface area contributed by atoms with Gasteiger partial charge in [-0.05, 0) is 53.9 Å². The Bertz CT molecular complexity index is 1220. The second-order valence-electron chi connectivity index (χ2n) is 8.26. The summed E-state index contributed by atoms with van der Waals surface area (Å²) in [6.45, 7) is 4.60. The summed E-state index contributed by atoms with van der Waals surface area (Å²) in [5.41, 5.74) is 3.87. The van der Waals surface area contributed by atoms with E-state index in [4.69, 9.17) is 9.90 Å². The summed E-state index contributed by atoms with van der Waals surface area (Å²) in [5, 5.41) is 17.7. The minimum absolute atomic E-state index is 0.137. The normalized spacial score (nSPS) is 17.0. The first-order valence-electron chi connectivity index (χ1n) is 10.8. The van der Waals surface area contributed by atoms with Gasteiger partial charge in [0.05, 0.1) is 17.8 Å². The predicted molar refractivity (Wildman–Crippen MR) is 130 cm³/mol. The van der Waals surface area contributed by atoms with Gasteiger partial charge in [0, 0.05) is 48.9 Å². The number of aromatic nitrogens is 2. The van der Waals surface area contributed by atoms with Gasteiger partial charge >= 0.3 is 0 Å². The highest BCUT2D eigenvalue weighted by molar-refractivity contribution is 7.10. The molecule has 0 spiro atoms. The maximum absolute atomic E-state index is 14.7. The number of benzene rings is 2. The lowest BCUT2D eigenvalue weighted by Crippen LogP contribution is -2.46. The van der Waals surface area contributed by atoms with E-state index in [0.717, 1.165) is 54.2 Å². The third-order valence-electron chi connectivity index (χ3n) is 5.76. The topological polar surface area (TPSA) is 72.5 Å². The summed E-state index contributed by atoms with van der Waals surface area (Å²) >= 11 is 1.78. The molecule has 2 aromatic carbocycles. The molecule has 5 rings (SSSR count). The Morgan fingerprint density at radius 2 is 1.97 bits per heavy atom. The number of fused-ring (bicyclic) bond motifs is 1. The van der Waals surface area contributed by atoms with Crippen molar-refractivity contribution >= 4 is 28.2 Å². The fourth-order valence-corrected chi connectivity index (χ4v) is 4.97. The van der Waals surface area contributed by atoms with Crippen LogP contribution in [-0.2, 0) is 11.3 Å². The molecular formula is C25H27FN4O2S. The maximum Gasteiger partial charge on any atom is 0.300 e. The number of nitrogens with one attached hydrogen (secondary N) is 1. The molecule has 2 N–H and O–H groups in total. The summed E-state index contributed by atoms with van der Waals surface area (Å²) in [5.74, 6) is -0.970. The van der Waals surface area contributed by atoms with E-state index >= 15 is 0 Å². The van der Waals surface area contributed by atoms with Crippen molar-refractivity contribution in [1.29, 1.82) is 0 Å². The first kappa shape index (κ1) is 23.1. The van der Waals surface area contributed by atoms with Gasteiger partial charge in [-0.2, -0.15) is 5.10 Å². The fourth-order valence-electron chi connectivity index (χ4n) is 4.11. The van der Waals surface area contributed by atoms with Crippen molar-refractivity contribution in [1.82, 2.24) is 20.0 Å². The second kappa shape index (κ2) is 10.2. The van der Waals surface area contributed by atoms with Gasteiger partial charge in [-0.3, -0.25) is 14.8 Å². The lowest BCUT2D eigenvalue weighted by Gasteiger charge is -2.39. The molecular weight excluding hydrogens is 439 g/mol. The first-order chi connectivity index (χ1) is 15.9. The van der Waals surface area contributed by atoms with Crippen LogP contribution < -0.4 is 0 Å². The quantitative estimate of drug-likeness (QED) is 0.442. The largest absolute Gasteiger partial charge is 0.481 e. The highest BCUT2D eigenvalue weighted by Crippen LogP contribution is 2.31. The summed E-state index contributed by atoms with van der Waals surface area (Å²) in [7, 11) is 2.16. The molecule has 1 saturated heterocycles. The van der Waals surface area contributed by atoms with Crippen LogP contribution in [0.2, 0.25) is 0 Å². The van der Waals surface area contributed by atoms with Gasteiger partial charge in [-0.25, -0.2) is 4.39 Å². The molecule has 8 heteroatoms. The van der Waals surface area contributed by atoms with Gasteiger partial charge in [-0.1, -0.05) is 18.2 Å². The number of halogens is 1. The summed E-state index contributed by atoms with van der Waals surface area (Å²) in [6.07, 6.45) is 1.82. The molecule has 4 aromatic rings. The van der Waals surface area contributed by atoms with Crippen LogP contribution in [0.15, 0.2) is 60.1 Å². The fraction of sp³-hybridized carbons (Fsp3) is 0.280. The molecule has 1 atom stereocenters. The van der Waals surface area contributed by atoms with E-state index in [1.165, 1.54) is 4.88 Å². The minimum atomic E-state index is -0.833. The van der Waals surface area contributed by atoms with Crippen molar-refractivity contribution in [2.24, 2.45) is 0 Å². The Hall–Kier alpha value is -3.07. The molecule has 0 aliphatic carbocycles. The van der Waals surface area contributed by atoms with Gasteiger partial charge in [0.15, 0.2) is 0 Å². The monoisotopic (exact) mass is 466 g/mol. The number of carboxylic acid groups (broad SMARTS) is 1. The Morgan fingerprint density at radius 1 is 1.21 bits per heavy atom. The third-order valence-corrected chi connectivity index (χ3v) is 6.73. The van der Waals surface area contributed by atoms with E-state index in [1.807, 2.05) is 24.4 Å². The van der Waals surface area contributed by atoms with E-state index in [1.54, 1.807) is 17.4 Å². The van der Waals surface area contributed by atoms with Gasteiger partial charge < -0.3 is 10.0 Å². The molecule has 0 radical (unpaired) electrons. The number of rotatable bonds is 4. The number of thiophene rings is 1. The molecule has 0 unspecified atom stereocenters. The van der Waals surface area contributed by atoms with E-state index in [2.05, 4.69) is 56.7 Å². The zero-order chi connectivity index (χ0) is 23.4. The number of likely N-dealkylation sites (N-methyl/N-ethyl adjacent to an activating group) is 1. The molecule has 0 saturated carbocycles. The molecule has 0 amide bonds. The lowest BCUT2D eigenvalue weighted by molar-refractivity contribution is -0.134. The number of carboxylic acids is 1. The average molecular weight is 467 g/mol. The third kappa shape index (κ3) is 5.65. The maximum atomic E-state index is 14.7. The van der Waals surface area contributed by atoms with Crippen molar-refractivity contribution in [3.63, 3.8) is 0 Å². The van der Waals surface area contributed by atoms with E-state index in [-0.39, 0.29) is 5.82 Å². The standard InChI is InChI=1S/C23H23FN4S.C2H4O2/c1-27-8-9-28(22(15-27)23-3-2-10-29-23)14-19-12-16(4-6-20(19)24)17-5-7-21-18(11-17)13-25-26-21;1-2(3)4/h2-7,10-13,22H,8-9,14-15H2,1H3,(H,25,26);1H3,(H,3,4)/t22-;/m0./s1. The van der Waals surface area contributed by atoms with E-state index < -0.39 is 5.97 Å². The van der Waals surface area contributed by atoms with Crippen LogP contribution >= 0.6 is 11.3 Å². The molecule has 2 aromatic heterocycles. The van der Waals surface area contributed by atoms with Crippen LogP contribution in [-0.4, -0.2) is 57.8 Å². The predicted octanol–water partition coefficient (Wildman–Crippen LogP) is 5.01. The molecule has 172 valence electrons.